The molecule has 2 aromatic carbocycles. The van der Waals surface area contributed by atoms with Crippen molar-refractivity contribution in [3.63, 3.8) is 0 Å². The van der Waals surface area contributed by atoms with Gasteiger partial charge in [-0.3, -0.25) is 4.90 Å². The number of likely N-dealkylation sites (N-methyl/N-ethyl adjacent to an activating group) is 1. The topological polar surface area (TPSA) is 35.9 Å². The molecule has 2 aromatic rings. The molecule has 0 spiro atoms. The molecule has 2 aliphatic heterocycles. The summed E-state index contributed by atoms with van der Waals surface area (Å²) in [7, 11) is 4.32. The van der Waals surface area contributed by atoms with Crippen LogP contribution in [0.1, 0.15) is 30.0 Å². The van der Waals surface area contributed by atoms with Crippen LogP contribution in [0, 0.1) is 0 Å². The molecule has 126 valence electrons. The Hall–Kier alpha value is -2.04. The van der Waals surface area contributed by atoms with Gasteiger partial charge in [0, 0.05) is 23.7 Å². The lowest BCUT2D eigenvalue weighted by atomic mass is 9.90. The number of aromatic hydroxyl groups is 1. The van der Waals surface area contributed by atoms with Crippen LogP contribution in [0.15, 0.2) is 42.5 Å². The first-order valence-corrected chi connectivity index (χ1v) is 8.63. The van der Waals surface area contributed by atoms with E-state index in [-0.39, 0.29) is 6.04 Å². The first-order valence-electron chi connectivity index (χ1n) is 8.63. The van der Waals surface area contributed by atoms with Crippen molar-refractivity contribution in [1.29, 1.82) is 0 Å². The molecule has 1 N–H and O–H groups in total. The first-order chi connectivity index (χ1) is 11.6. The Bertz CT molecular complexity index is 744. The summed E-state index contributed by atoms with van der Waals surface area (Å²) >= 11 is 0. The van der Waals surface area contributed by atoms with Crippen LogP contribution in [0.5, 0.6) is 17.2 Å². The zero-order valence-electron chi connectivity index (χ0n) is 14.3. The second kappa shape index (κ2) is 6.11. The van der Waals surface area contributed by atoms with E-state index < -0.39 is 0 Å². The summed E-state index contributed by atoms with van der Waals surface area (Å²) in [6, 6.07) is 14.4. The highest BCUT2D eigenvalue weighted by atomic mass is 16.5. The van der Waals surface area contributed by atoms with E-state index in [9.17, 15) is 5.11 Å². The van der Waals surface area contributed by atoms with Crippen molar-refractivity contribution in [2.75, 3.05) is 27.2 Å². The molecule has 4 heteroatoms. The Labute approximate surface area is 143 Å². The van der Waals surface area contributed by atoms with Crippen molar-refractivity contribution < 1.29 is 9.84 Å². The number of hydrogen-bond donors (Lipinski definition) is 1. The average Bonchev–Trinajstić information content (AvgIpc) is 2.60. The summed E-state index contributed by atoms with van der Waals surface area (Å²) in [6.45, 7) is 2.10. The Kier molecular flexibility index (Phi) is 3.94. The Morgan fingerprint density at radius 2 is 1.88 bits per heavy atom. The van der Waals surface area contributed by atoms with Gasteiger partial charge in [0.2, 0.25) is 0 Å². The average molecular weight is 324 g/mol. The molecule has 0 amide bonds. The quantitative estimate of drug-likeness (QED) is 0.915. The molecular weight excluding hydrogens is 300 g/mol. The maximum Gasteiger partial charge on any atom is 0.132 e. The number of fused-ring (bicyclic) bond motifs is 2. The summed E-state index contributed by atoms with van der Waals surface area (Å²) in [5.74, 6) is 2.07. The second-order valence-electron chi connectivity index (χ2n) is 7.02. The molecule has 2 heterocycles. The van der Waals surface area contributed by atoms with Crippen LogP contribution in [0.3, 0.4) is 0 Å². The summed E-state index contributed by atoms with van der Waals surface area (Å²) in [5.41, 5.74) is 2.25. The predicted molar refractivity (Wildman–Crippen MR) is 94.7 cm³/mol. The smallest absolute Gasteiger partial charge is 0.132 e. The fourth-order valence-corrected chi connectivity index (χ4v) is 3.96. The van der Waals surface area contributed by atoms with Crippen molar-refractivity contribution in [3.8, 4) is 17.2 Å². The molecule has 0 bridgehead atoms. The van der Waals surface area contributed by atoms with Crippen molar-refractivity contribution >= 4 is 0 Å². The number of para-hydroxylation sites is 1. The van der Waals surface area contributed by atoms with Crippen LogP contribution in [0.2, 0.25) is 0 Å². The zero-order valence-corrected chi connectivity index (χ0v) is 14.3. The number of phenolic OH excluding ortho intramolecular Hbond substituents is 1. The van der Waals surface area contributed by atoms with Gasteiger partial charge in [0.25, 0.3) is 0 Å². The van der Waals surface area contributed by atoms with E-state index in [0.29, 0.717) is 11.8 Å². The van der Waals surface area contributed by atoms with Crippen LogP contribution < -0.4 is 4.74 Å². The SMILES string of the molecule is CN(C)C1CCCN(C2c3ccccc3Oc3ccc(O)cc32)C1. The lowest BCUT2D eigenvalue weighted by Gasteiger charge is -2.42. The largest absolute Gasteiger partial charge is 0.508 e. The van der Waals surface area contributed by atoms with Crippen LogP contribution in [0.25, 0.3) is 0 Å². The van der Waals surface area contributed by atoms with Crippen LogP contribution >= 0.6 is 0 Å². The highest BCUT2D eigenvalue weighted by Crippen LogP contribution is 2.47. The Morgan fingerprint density at radius 1 is 1.08 bits per heavy atom. The summed E-state index contributed by atoms with van der Waals surface area (Å²) in [6.07, 6.45) is 2.43. The molecule has 1 fully saturated rings. The zero-order chi connectivity index (χ0) is 16.7. The fourth-order valence-electron chi connectivity index (χ4n) is 3.96. The third kappa shape index (κ3) is 2.66. The molecule has 2 aliphatic rings. The second-order valence-corrected chi connectivity index (χ2v) is 7.02. The fraction of sp³-hybridized carbons (Fsp3) is 0.400. The monoisotopic (exact) mass is 324 g/mol. The Balaban J connectivity index is 1.78. The highest BCUT2D eigenvalue weighted by molar-refractivity contribution is 5.54. The lowest BCUT2D eigenvalue weighted by molar-refractivity contribution is 0.106. The van der Waals surface area contributed by atoms with Gasteiger partial charge in [-0.2, -0.15) is 0 Å². The van der Waals surface area contributed by atoms with Gasteiger partial charge in [0.1, 0.15) is 17.2 Å². The van der Waals surface area contributed by atoms with E-state index >= 15 is 0 Å². The number of piperidine rings is 1. The summed E-state index contributed by atoms with van der Waals surface area (Å²) in [4.78, 5) is 4.86. The molecule has 0 saturated carbocycles. The normalized spacial score (nSPS) is 23.5. The van der Waals surface area contributed by atoms with Gasteiger partial charge in [-0.05, 0) is 57.7 Å². The van der Waals surface area contributed by atoms with Crippen LogP contribution in [0.4, 0.5) is 0 Å². The van der Waals surface area contributed by atoms with Gasteiger partial charge in [0.05, 0.1) is 6.04 Å². The summed E-state index contributed by atoms with van der Waals surface area (Å²) < 4.78 is 6.08. The van der Waals surface area contributed by atoms with Gasteiger partial charge < -0.3 is 14.7 Å². The minimum absolute atomic E-state index is 0.139. The van der Waals surface area contributed by atoms with Crippen LogP contribution in [-0.4, -0.2) is 48.1 Å². The molecule has 2 unspecified atom stereocenters. The lowest BCUT2D eigenvalue weighted by Crippen LogP contribution is -2.47. The predicted octanol–water partition coefficient (Wildman–Crippen LogP) is 3.61. The molecule has 0 aliphatic carbocycles. The summed E-state index contributed by atoms with van der Waals surface area (Å²) in [5, 5.41) is 10.0. The number of nitrogens with zero attached hydrogens (tertiary/aromatic N) is 2. The van der Waals surface area contributed by atoms with Crippen molar-refractivity contribution in [2.24, 2.45) is 0 Å². The van der Waals surface area contributed by atoms with E-state index in [0.717, 1.165) is 30.2 Å². The van der Waals surface area contributed by atoms with E-state index in [2.05, 4.69) is 36.0 Å². The maximum absolute atomic E-state index is 10.0. The van der Waals surface area contributed by atoms with E-state index in [1.807, 2.05) is 24.3 Å². The highest BCUT2D eigenvalue weighted by Gasteiger charge is 2.35. The van der Waals surface area contributed by atoms with Gasteiger partial charge >= 0.3 is 0 Å². The number of phenols is 1. The molecule has 4 rings (SSSR count). The number of benzene rings is 2. The molecular formula is C20H24N2O2. The van der Waals surface area contributed by atoms with Gasteiger partial charge in [-0.1, -0.05) is 18.2 Å². The molecule has 2 atom stereocenters. The molecule has 1 saturated heterocycles. The molecule has 0 aromatic heterocycles. The number of rotatable bonds is 2. The maximum atomic E-state index is 10.0. The van der Waals surface area contributed by atoms with Crippen molar-refractivity contribution in [3.05, 3.63) is 53.6 Å². The Morgan fingerprint density at radius 3 is 2.71 bits per heavy atom. The van der Waals surface area contributed by atoms with Gasteiger partial charge in [-0.25, -0.2) is 0 Å². The minimum atomic E-state index is 0.139. The number of ether oxygens (including phenoxy) is 1. The van der Waals surface area contributed by atoms with Crippen LogP contribution in [-0.2, 0) is 0 Å². The number of likely N-dealkylation sites (tertiary alicyclic amines) is 1. The molecule has 4 nitrogen and oxygen atoms in total. The standard InChI is InChI=1S/C20H24N2O2/c1-21(2)14-6-5-11-22(13-14)20-16-7-3-4-8-18(16)24-19-10-9-15(23)12-17(19)20/h3-4,7-10,12,14,20,23H,5-6,11,13H2,1-2H3. The van der Waals surface area contributed by atoms with Gasteiger partial charge in [0.15, 0.2) is 0 Å². The minimum Gasteiger partial charge on any atom is -0.508 e. The number of hydrogen-bond acceptors (Lipinski definition) is 4. The van der Waals surface area contributed by atoms with E-state index in [4.69, 9.17) is 4.74 Å². The van der Waals surface area contributed by atoms with E-state index in [1.54, 1.807) is 6.07 Å². The van der Waals surface area contributed by atoms with Crippen molar-refractivity contribution in [1.82, 2.24) is 9.80 Å². The first kappa shape index (κ1) is 15.5. The van der Waals surface area contributed by atoms with Crippen molar-refractivity contribution in [2.45, 2.75) is 24.9 Å². The van der Waals surface area contributed by atoms with E-state index in [1.165, 1.54) is 18.4 Å². The molecule has 0 radical (unpaired) electrons. The third-order valence-corrected chi connectivity index (χ3v) is 5.24. The third-order valence-electron chi connectivity index (χ3n) is 5.24. The molecule has 24 heavy (non-hydrogen) atoms. The van der Waals surface area contributed by atoms with Gasteiger partial charge in [-0.15, -0.1) is 0 Å².